The van der Waals surface area contributed by atoms with Crippen LogP contribution in [0.5, 0.6) is 0 Å². The van der Waals surface area contributed by atoms with Crippen LogP contribution in [0.4, 0.5) is 0 Å². The number of rotatable bonds is 3. The van der Waals surface area contributed by atoms with E-state index in [1.807, 2.05) is 30.5 Å². The van der Waals surface area contributed by atoms with Gasteiger partial charge in [-0.3, -0.25) is 9.89 Å². The molecule has 23 heavy (non-hydrogen) atoms. The molecular weight excluding hydrogens is 310 g/mol. The lowest BCUT2D eigenvalue weighted by Crippen LogP contribution is -2.52. The number of aromatic nitrogens is 2. The van der Waals surface area contributed by atoms with Gasteiger partial charge in [0.2, 0.25) is 5.91 Å². The maximum Gasteiger partial charge on any atom is 0.229 e. The molecule has 1 aromatic heterocycles. The van der Waals surface area contributed by atoms with Crippen molar-refractivity contribution in [3.63, 3.8) is 0 Å². The maximum absolute atomic E-state index is 12.9. The molecule has 1 atom stereocenters. The quantitative estimate of drug-likeness (QED) is 0.902. The molecule has 5 heteroatoms. The van der Waals surface area contributed by atoms with Gasteiger partial charge < -0.3 is 5.32 Å². The summed E-state index contributed by atoms with van der Waals surface area (Å²) in [6.07, 6.45) is 7.91. The minimum atomic E-state index is -0.223. The fourth-order valence-corrected chi connectivity index (χ4v) is 3.96. The van der Waals surface area contributed by atoms with Gasteiger partial charge in [-0.1, -0.05) is 23.7 Å². The summed E-state index contributed by atoms with van der Waals surface area (Å²) in [5, 5.41) is 11.2. The second-order valence-corrected chi connectivity index (χ2v) is 7.12. The Morgan fingerprint density at radius 1 is 1.26 bits per heavy atom. The van der Waals surface area contributed by atoms with E-state index in [4.69, 9.17) is 11.6 Å². The molecule has 0 spiro atoms. The number of carbonyl (C=O) groups excluding carboxylic acids is 1. The Morgan fingerprint density at radius 2 is 2.04 bits per heavy atom. The number of aryl methyl sites for hydroxylation is 1. The Labute approximate surface area is 140 Å². The van der Waals surface area contributed by atoms with Crippen LogP contribution in [0, 0.1) is 0 Å². The van der Waals surface area contributed by atoms with Crippen molar-refractivity contribution in [3.8, 4) is 0 Å². The molecule has 0 unspecified atom stereocenters. The van der Waals surface area contributed by atoms with Gasteiger partial charge in [0, 0.05) is 5.02 Å². The van der Waals surface area contributed by atoms with Crippen LogP contribution in [0.2, 0.25) is 5.02 Å². The third kappa shape index (κ3) is 2.55. The highest BCUT2D eigenvalue weighted by atomic mass is 35.5. The average molecular weight is 330 g/mol. The zero-order valence-electron chi connectivity index (χ0n) is 12.9. The largest absolute Gasteiger partial charge is 0.346 e. The molecule has 4 nitrogen and oxygen atoms in total. The first-order valence-corrected chi connectivity index (χ1v) is 8.66. The predicted molar refractivity (Wildman–Crippen MR) is 89.4 cm³/mol. The van der Waals surface area contributed by atoms with Gasteiger partial charge in [-0.15, -0.1) is 0 Å². The van der Waals surface area contributed by atoms with Crippen LogP contribution in [-0.2, 0) is 16.8 Å². The predicted octanol–water partition coefficient (Wildman–Crippen LogP) is 3.68. The second-order valence-electron chi connectivity index (χ2n) is 6.69. The standard InChI is InChI=1S/C18H20ClN3O/c19-14-7-5-13(6-8-14)18(9-2-10-18)21-17(23)15-4-1-3-12-11-20-22-16(12)15/h5-8,11,15H,1-4,9-10H2,(H,20,22)(H,21,23)/t15-/m0/s1. The Kier molecular flexibility index (Phi) is 3.64. The van der Waals surface area contributed by atoms with Gasteiger partial charge in [-0.05, 0) is 61.8 Å². The van der Waals surface area contributed by atoms with Gasteiger partial charge in [0.25, 0.3) is 0 Å². The molecule has 2 aliphatic carbocycles. The number of nitrogens with zero attached hydrogens (tertiary/aromatic N) is 1. The topological polar surface area (TPSA) is 57.8 Å². The highest BCUT2D eigenvalue weighted by Crippen LogP contribution is 2.42. The number of carbonyl (C=O) groups is 1. The molecule has 2 aliphatic rings. The van der Waals surface area contributed by atoms with Crippen LogP contribution >= 0.6 is 11.6 Å². The molecule has 120 valence electrons. The van der Waals surface area contributed by atoms with Crippen LogP contribution < -0.4 is 5.32 Å². The summed E-state index contributed by atoms with van der Waals surface area (Å²) in [7, 11) is 0. The van der Waals surface area contributed by atoms with E-state index in [9.17, 15) is 4.79 Å². The first kappa shape index (κ1) is 14.8. The number of H-pyrrole nitrogens is 1. The van der Waals surface area contributed by atoms with Crippen LogP contribution in [0.15, 0.2) is 30.5 Å². The van der Waals surface area contributed by atoms with Crippen molar-refractivity contribution in [2.24, 2.45) is 0 Å². The molecule has 0 bridgehead atoms. The highest BCUT2D eigenvalue weighted by Gasteiger charge is 2.42. The van der Waals surface area contributed by atoms with E-state index in [1.54, 1.807) is 0 Å². The first-order valence-electron chi connectivity index (χ1n) is 8.28. The monoisotopic (exact) mass is 329 g/mol. The Morgan fingerprint density at radius 3 is 2.74 bits per heavy atom. The molecule has 1 heterocycles. The fraction of sp³-hybridized carbons (Fsp3) is 0.444. The van der Waals surface area contributed by atoms with E-state index in [2.05, 4.69) is 15.5 Å². The molecule has 1 saturated carbocycles. The van der Waals surface area contributed by atoms with Gasteiger partial charge in [0.15, 0.2) is 0 Å². The summed E-state index contributed by atoms with van der Waals surface area (Å²) < 4.78 is 0. The van der Waals surface area contributed by atoms with Crippen molar-refractivity contribution in [3.05, 3.63) is 52.3 Å². The lowest BCUT2D eigenvalue weighted by atomic mass is 9.71. The number of benzene rings is 1. The maximum atomic E-state index is 12.9. The third-order valence-electron chi connectivity index (χ3n) is 5.32. The molecule has 1 fully saturated rings. The summed E-state index contributed by atoms with van der Waals surface area (Å²) in [6.45, 7) is 0. The molecule has 0 aliphatic heterocycles. The third-order valence-corrected chi connectivity index (χ3v) is 5.57. The van der Waals surface area contributed by atoms with Crippen LogP contribution in [-0.4, -0.2) is 16.1 Å². The number of hydrogen-bond acceptors (Lipinski definition) is 2. The van der Waals surface area contributed by atoms with Gasteiger partial charge in [-0.25, -0.2) is 0 Å². The molecule has 2 aromatic rings. The van der Waals surface area contributed by atoms with Crippen molar-refractivity contribution in [1.82, 2.24) is 15.5 Å². The summed E-state index contributed by atoms with van der Waals surface area (Å²) in [5.74, 6) is 0.0101. The van der Waals surface area contributed by atoms with Gasteiger partial charge in [0.1, 0.15) is 0 Å². The molecule has 4 rings (SSSR count). The van der Waals surface area contributed by atoms with Crippen molar-refractivity contribution in [1.29, 1.82) is 0 Å². The Bertz CT molecular complexity index is 718. The summed E-state index contributed by atoms with van der Waals surface area (Å²) >= 11 is 6.00. The molecule has 1 aromatic carbocycles. The molecule has 2 N–H and O–H groups in total. The summed E-state index contributed by atoms with van der Waals surface area (Å²) in [5.41, 5.74) is 3.12. The van der Waals surface area contributed by atoms with Crippen molar-refractivity contribution < 1.29 is 4.79 Å². The van der Waals surface area contributed by atoms with Gasteiger partial charge in [-0.2, -0.15) is 5.10 Å². The molecule has 0 saturated heterocycles. The van der Waals surface area contributed by atoms with Gasteiger partial charge in [0.05, 0.1) is 23.3 Å². The number of hydrogen-bond donors (Lipinski definition) is 2. The smallest absolute Gasteiger partial charge is 0.229 e. The van der Waals surface area contributed by atoms with E-state index in [1.165, 1.54) is 5.56 Å². The number of aromatic amines is 1. The van der Waals surface area contributed by atoms with Crippen LogP contribution in [0.1, 0.15) is 54.8 Å². The number of halogens is 1. The van der Waals surface area contributed by atoms with Crippen LogP contribution in [0.25, 0.3) is 0 Å². The Hall–Kier alpha value is -1.81. The highest BCUT2D eigenvalue weighted by molar-refractivity contribution is 6.30. The van der Waals surface area contributed by atoms with Crippen LogP contribution in [0.3, 0.4) is 0 Å². The van der Waals surface area contributed by atoms with E-state index in [0.29, 0.717) is 0 Å². The molecular formula is C18H20ClN3O. The zero-order chi connectivity index (χ0) is 15.9. The average Bonchev–Trinajstić information content (AvgIpc) is 3.00. The summed E-state index contributed by atoms with van der Waals surface area (Å²) in [4.78, 5) is 12.9. The van der Waals surface area contributed by atoms with E-state index >= 15 is 0 Å². The van der Waals surface area contributed by atoms with E-state index < -0.39 is 0 Å². The second kappa shape index (κ2) is 5.68. The normalized spacial score (nSPS) is 22.0. The molecule has 0 radical (unpaired) electrons. The molecule has 1 amide bonds. The first-order chi connectivity index (χ1) is 11.2. The van der Waals surface area contributed by atoms with E-state index in [-0.39, 0.29) is 17.4 Å². The fourth-order valence-electron chi connectivity index (χ4n) is 3.83. The minimum Gasteiger partial charge on any atom is -0.346 e. The minimum absolute atomic E-state index is 0.106. The zero-order valence-corrected chi connectivity index (χ0v) is 13.7. The van der Waals surface area contributed by atoms with E-state index in [0.717, 1.165) is 54.8 Å². The van der Waals surface area contributed by atoms with Crippen molar-refractivity contribution in [2.75, 3.05) is 0 Å². The number of nitrogens with one attached hydrogen (secondary N) is 2. The summed E-state index contributed by atoms with van der Waals surface area (Å²) in [6, 6.07) is 7.86. The lowest BCUT2D eigenvalue weighted by molar-refractivity contribution is -0.126. The van der Waals surface area contributed by atoms with Crippen molar-refractivity contribution >= 4 is 17.5 Å². The Balaban J connectivity index is 1.57. The number of fused-ring (bicyclic) bond motifs is 1. The lowest BCUT2D eigenvalue weighted by Gasteiger charge is -2.44. The van der Waals surface area contributed by atoms with Crippen molar-refractivity contribution in [2.45, 2.75) is 50.0 Å². The SMILES string of the molecule is O=C(NC1(c2ccc(Cl)cc2)CCC1)[C@H]1CCCc2cn[nH]c21. The number of amides is 1. The van der Waals surface area contributed by atoms with Gasteiger partial charge >= 0.3 is 0 Å².